The molecule has 0 spiro atoms. The van der Waals surface area contributed by atoms with Gasteiger partial charge in [0.05, 0.1) is 6.42 Å². The third-order valence-corrected chi connectivity index (χ3v) is 3.69. The number of nitrogens with zero attached hydrogens (tertiary/aromatic N) is 2. The maximum absolute atomic E-state index is 10.8. The topological polar surface area (TPSA) is 76.2 Å². The fraction of sp³-hybridized carbons (Fsp3) is 0.462. The minimum absolute atomic E-state index is 0.0716. The van der Waals surface area contributed by atoms with Crippen molar-refractivity contribution in [1.82, 2.24) is 10.1 Å². The normalized spacial score (nSPS) is 11.7. The van der Waals surface area contributed by atoms with Crippen molar-refractivity contribution in [3.05, 3.63) is 22.2 Å². The third kappa shape index (κ3) is 3.41. The van der Waals surface area contributed by atoms with Crippen LogP contribution in [0.1, 0.15) is 31.7 Å². The third-order valence-electron chi connectivity index (χ3n) is 2.82. The van der Waals surface area contributed by atoms with Crippen molar-refractivity contribution in [3.8, 4) is 11.4 Å². The van der Waals surface area contributed by atoms with Crippen molar-refractivity contribution in [1.29, 1.82) is 0 Å². The maximum atomic E-state index is 10.8. The molecule has 0 unspecified atom stereocenters. The molecular weight excluding hydrogens is 264 g/mol. The van der Waals surface area contributed by atoms with Crippen molar-refractivity contribution in [2.75, 3.05) is 0 Å². The van der Waals surface area contributed by atoms with Gasteiger partial charge in [0.15, 0.2) is 0 Å². The Morgan fingerprint density at radius 1 is 1.47 bits per heavy atom. The summed E-state index contributed by atoms with van der Waals surface area (Å²) >= 11 is 1.59. The zero-order chi connectivity index (χ0) is 14.0. The van der Waals surface area contributed by atoms with E-state index in [9.17, 15) is 4.79 Å². The summed E-state index contributed by atoms with van der Waals surface area (Å²) in [7, 11) is 0. The second-order valence-electron chi connectivity index (χ2n) is 5.39. The molecule has 0 aliphatic heterocycles. The van der Waals surface area contributed by atoms with Crippen LogP contribution in [0.2, 0.25) is 0 Å². The summed E-state index contributed by atoms with van der Waals surface area (Å²) in [6, 6.07) is 0. The molecule has 0 aliphatic carbocycles. The average molecular weight is 280 g/mol. The van der Waals surface area contributed by atoms with Crippen LogP contribution in [0.3, 0.4) is 0 Å². The Morgan fingerprint density at radius 2 is 2.21 bits per heavy atom. The Labute approximate surface area is 115 Å². The lowest BCUT2D eigenvalue weighted by molar-refractivity contribution is -0.139. The Bertz CT molecular complexity index is 586. The molecule has 102 valence electrons. The SMILES string of the molecule is Cc1cscc1-c1noc(CC(C)(C)CC(=O)O)n1. The predicted molar refractivity (Wildman–Crippen MR) is 72.1 cm³/mol. The van der Waals surface area contributed by atoms with Crippen LogP contribution in [0.15, 0.2) is 15.3 Å². The van der Waals surface area contributed by atoms with Crippen molar-refractivity contribution < 1.29 is 14.4 Å². The molecule has 2 heterocycles. The highest BCUT2D eigenvalue weighted by molar-refractivity contribution is 7.08. The molecule has 6 heteroatoms. The van der Waals surface area contributed by atoms with E-state index in [1.807, 2.05) is 31.5 Å². The molecule has 0 atom stereocenters. The van der Waals surface area contributed by atoms with Crippen molar-refractivity contribution in [2.45, 2.75) is 33.6 Å². The molecule has 19 heavy (non-hydrogen) atoms. The largest absolute Gasteiger partial charge is 0.481 e. The number of aliphatic carboxylic acids is 1. The van der Waals surface area contributed by atoms with Crippen LogP contribution in [0.25, 0.3) is 11.4 Å². The molecule has 2 rings (SSSR count). The van der Waals surface area contributed by atoms with Gasteiger partial charge in [0.2, 0.25) is 11.7 Å². The molecule has 2 aromatic heterocycles. The number of rotatable bonds is 5. The highest BCUT2D eigenvalue weighted by Gasteiger charge is 2.25. The molecule has 0 aromatic carbocycles. The monoisotopic (exact) mass is 280 g/mol. The van der Waals surface area contributed by atoms with Crippen LogP contribution >= 0.6 is 11.3 Å². The van der Waals surface area contributed by atoms with Crippen molar-refractivity contribution >= 4 is 17.3 Å². The second kappa shape index (κ2) is 5.13. The smallest absolute Gasteiger partial charge is 0.303 e. The number of hydrogen-bond acceptors (Lipinski definition) is 5. The van der Waals surface area contributed by atoms with Gasteiger partial charge in [-0.1, -0.05) is 19.0 Å². The van der Waals surface area contributed by atoms with E-state index in [1.165, 1.54) is 0 Å². The molecule has 0 aliphatic rings. The quantitative estimate of drug-likeness (QED) is 0.910. The lowest BCUT2D eigenvalue weighted by Gasteiger charge is -2.19. The minimum Gasteiger partial charge on any atom is -0.481 e. The Balaban J connectivity index is 2.14. The summed E-state index contributed by atoms with van der Waals surface area (Å²) in [5.41, 5.74) is 1.68. The first kappa shape index (κ1) is 13.7. The fourth-order valence-electron chi connectivity index (χ4n) is 1.91. The van der Waals surface area contributed by atoms with E-state index in [4.69, 9.17) is 9.63 Å². The van der Waals surface area contributed by atoms with E-state index < -0.39 is 11.4 Å². The van der Waals surface area contributed by atoms with Gasteiger partial charge in [-0.25, -0.2) is 0 Å². The van der Waals surface area contributed by atoms with Crippen LogP contribution in [0.5, 0.6) is 0 Å². The average Bonchev–Trinajstić information content (AvgIpc) is 2.84. The molecule has 0 saturated carbocycles. The Kier molecular flexibility index (Phi) is 3.71. The highest BCUT2D eigenvalue weighted by Crippen LogP contribution is 2.28. The first-order valence-electron chi connectivity index (χ1n) is 5.95. The van der Waals surface area contributed by atoms with Gasteiger partial charge in [0, 0.05) is 17.4 Å². The Morgan fingerprint density at radius 3 is 2.79 bits per heavy atom. The maximum Gasteiger partial charge on any atom is 0.303 e. The van der Waals surface area contributed by atoms with E-state index in [0.717, 1.165) is 11.1 Å². The number of aromatic nitrogens is 2. The number of carbonyl (C=O) groups is 1. The molecule has 0 amide bonds. The summed E-state index contributed by atoms with van der Waals surface area (Å²) in [5.74, 6) is 0.227. The highest BCUT2D eigenvalue weighted by atomic mass is 32.1. The molecular formula is C13H16N2O3S. The van der Waals surface area contributed by atoms with Crippen LogP contribution in [-0.4, -0.2) is 21.2 Å². The number of carboxylic acids is 1. The molecule has 0 bridgehead atoms. The van der Waals surface area contributed by atoms with E-state index in [0.29, 0.717) is 18.1 Å². The van der Waals surface area contributed by atoms with Gasteiger partial charge in [0.25, 0.3) is 0 Å². The second-order valence-corrected chi connectivity index (χ2v) is 6.14. The summed E-state index contributed by atoms with van der Waals surface area (Å²) in [6.45, 7) is 5.75. The van der Waals surface area contributed by atoms with Gasteiger partial charge in [0.1, 0.15) is 0 Å². The lowest BCUT2D eigenvalue weighted by atomic mass is 9.86. The van der Waals surface area contributed by atoms with Crippen molar-refractivity contribution in [3.63, 3.8) is 0 Å². The van der Waals surface area contributed by atoms with Gasteiger partial charge in [-0.3, -0.25) is 4.79 Å². The molecule has 1 N–H and O–H groups in total. The number of hydrogen-bond donors (Lipinski definition) is 1. The number of carboxylic acid groups (broad SMARTS) is 1. The van der Waals surface area contributed by atoms with Gasteiger partial charge >= 0.3 is 5.97 Å². The van der Waals surface area contributed by atoms with E-state index in [1.54, 1.807) is 11.3 Å². The predicted octanol–water partition coefficient (Wildman–Crippen LogP) is 3.15. The van der Waals surface area contributed by atoms with Gasteiger partial charge in [-0.2, -0.15) is 16.3 Å². The molecule has 0 saturated heterocycles. The van der Waals surface area contributed by atoms with E-state index in [-0.39, 0.29) is 6.42 Å². The summed E-state index contributed by atoms with van der Waals surface area (Å²) in [5, 5.41) is 16.8. The number of aryl methyl sites for hydroxylation is 1. The zero-order valence-electron chi connectivity index (χ0n) is 11.1. The van der Waals surface area contributed by atoms with Gasteiger partial charge in [-0.05, 0) is 23.3 Å². The van der Waals surface area contributed by atoms with Crippen LogP contribution in [-0.2, 0) is 11.2 Å². The first-order chi connectivity index (χ1) is 8.87. The fourth-order valence-corrected chi connectivity index (χ4v) is 2.73. The first-order valence-corrected chi connectivity index (χ1v) is 6.89. The molecule has 5 nitrogen and oxygen atoms in total. The summed E-state index contributed by atoms with van der Waals surface area (Å²) < 4.78 is 5.21. The minimum atomic E-state index is -0.821. The van der Waals surface area contributed by atoms with Gasteiger partial charge < -0.3 is 9.63 Å². The molecule has 0 radical (unpaired) electrons. The standard InChI is InChI=1S/C13H16N2O3S/c1-8-6-19-7-9(8)12-14-10(18-15-12)4-13(2,3)5-11(16)17/h6-7H,4-5H2,1-3H3,(H,16,17). The van der Waals surface area contributed by atoms with Crippen LogP contribution < -0.4 is 0 Å². The summed E-state index contributed by atoms with van der Waals surface area (Å²) in [4.78, 5) is 15.1. The Hall–Kier alpha value is -1.69. The van der Waals surface area contributed by atoms with Crippen LogP contribution in [0.4, 0.5) is 0 Å². The summed E-state index contributed by atoms with van der Waals surface area (Å²) in [6.07, 6.45) is 0.525. The van der Waals surface area contributed by atoms with Crippen LogP contribution in [0, 0.1) is 12.3 Å². The van der Waals surface area contributed by atoms with E-state index >= 15 is 0 Å². The zero-order valence-corrected chi connectivity index (χ0v) is 12.0. The van der Waals surface area contributed by atoms with Crippen molar-refractivity contribution in [2.24, 2.45) is 5.41 Å². The van der Waals surface area contributed by atoms with Gasteiger partial charge in [-0.15, -0.1) is 0 Å². The number of thiophene rings is 1. The molecule has 2 aromatic rings. The lowest BCUT2D eigenvalue weighted by Crippen LogP contribution is -2.19. The van der Waals surface area contributed by atoms with E-state index in [2.05, 4.69) is 10.1 Å². The molecule has 0 fully saturated rings.